The Kier molecular flexibility index (Phi) is 5.36. The molecule has 0 amide bonds. The van der Waals surface area contributed by atoms with E-state index in [4.69, 9.17) is 16.3 Å². The Morgan fingerprint density at radius 2 is 1.52 bits per heavy atom. The van der Waals surface area contributed by atoms with Gasteiger partial charge in [-0.25, -0.2) is 0 Å². The Morgan fingerprint density at radius 1 is 0.880 bits per heavy atom. The maximum atomic E-state index is 6.10. The van der Waals surface area contributed by atoms with Gasteiger partial charge in [0, 0.05) is 5.02 Å². The van der Waals surface area contributed by atoms with Crippen LogP contribution in [0.25, 0.3) is 0 Å². The van der Waals surface area contributed by atoms with Crippen LogP contribution >= 0.6 is 11.6 Å². The largest absolute Gasteiger partial charge is 0.457 e. The fourth-order valence-electron chi connectivity index (χ4n) is 2.21. The molecule has 0 fully saturated rings. The third-order valence-corrected chi connectivity index (χ3v) is 4.12. The van der Waals surface area contributed by atoms with Gasteiger partial charge in [-0.1, -0.05) is 35.4 Å². The Hall–Kier alpha value is -2.78. The number of rotatable bonds is 5. The molecule has 0 radical (unpaired) electrons. The van der Waals surface area contributed by atoms with Gasteiger partial charge in [0.1, 0.15) is 11.5 Å². The third-order valence-electron chi connectivity index (χ3n) is 3.72. The number of halogens is 1. The zero-order chi connectivity index (χ0) is 17.6. The topological polar surface area (TPSA) is 33.6 Å². The number of aryl methyl sites for hydroxylation is 2. The zero-order valence-corrected chi connectivity index (χ0v) is 14.9. The molecule has 3 nitrogen and oxygen atoms in total. The normalized spacial score (nSPS) is 10.8. The monoisotopic (exact) mass is 350 g/mol. The molecule has 0 atom stereocenters. The molecule has 4 heteroatoms. The van der Waals surface area contributed by atoms with Gasteiger partial charge in [-0.05, 0) is 73.5 Å². The zero-order valence-electron chi connectivity index (χ0n) is 14.2. The van der Waals surface area contributed by atoms with Crippen LogP contribution in [0, 0.1) is 13.8 Å². The Balaban J connectivity index is 1.60. The van der Waals surface area contributed by atoms with E-state index in [-0.39, 0.29) is 0 Å². The number of hydrazone groups is 1. The average Bonchev–Trinajstić information content (AvgIpc) is 2.61. The summed E-state index contributed by atoms with van der Waals surface area (Å²) in [7, 11) is 0. The Morgan fingerprint density at radius 3 is 2.16 bits per heavy atom. The lowest BCUT2D eigenvalue weighted by Crippen LogP contribution is -1.91. The maximum Gasteiger partial charge on any atom is 0.127 e. The van der Waals surface area contributed by atoms with Gasteiger partial charge < -0.3 is 4.74 Å². The van der Waals surface area contributed by atoms with Crippen molar-refractivity contribution in [3.63, 3.8) is 0 Å². The lowest BCUT2D eigenvalue weighted by Gasteiger charge is -2.06. The highest BCUT2D eigenvalue weighted by Crippen LogP contribution is 2.22. The van der Waals surface area contributed by atoms with E-state index in [0.29, 0.717) is 0 Å². The van der Waals surface area contributed by atoms with E-state index >= 15 is 0 Å². The molecule has 1 N–H and O–H groups in total. The van der Waals surface area contributed by atoms with Crippen LogP contribution in [-0.4, -0.2) is 6.21 Å². The van der Waals surface area contributed by atoms with Crippen LogP contribution in [-0.2, 0) is 0 Å². The van der Waals surface area contributed by atoms with Crippen molar-refractivity contribution in [1.82, 2.24) is 0 Å². The van der Waals surface area contributed by atoms with Crippen molar-refractivity contribution in [2.24, 2.45) is 5.10 Å². The van der Waals surface area contributed by atoms with Crippen molar-refractivity contribution in [3.8, 4) is 11.5 Å². The van der Waals surface area contributed by atoms with Crippen LogP contribution in [0.15, 0.2) is 71.8 Å². The molecule has 0 heterocycles. The van der Waals surface area contributed by atoms with Gasteiger partial charge in [-0.3, -0.25) is 5.43 Å². The van der Waals surface area contributed by atoms with Crippen molar-refractivity contribution in [2.45, 2.75) is 13.8 Å². The summed E-state index contributed by atoms with van der Waals surface area (Å²) in [6.45, 7) is 4.02. The van der Waals surface area contributed by atoms with Gasteiger partial charge in [-0.15, -0.1) is 0 Å². The summed E-state index contributed by atoms with van der Waals surface area (Å²) in [5, 5.41) is 4.95. The molecule has 0 bridgehead atoms. The summed E-state index contributed by atoms with van der Waals surface area (Å²) < 4.78 is 5.81. The fourth-order valence-corrected chi connectivity index (χ4v) is 2.39. The van der Waals surface area contributed by atoms with E-state index in [9.17, 15) is 0 Å². The number of anilines is 1. The molecule has 0 aliphatic carbocycles. The Labute approximate surface area is 152 Å². The molecule has 0 saturated carbocycles. The summed E-state index contributed by atoms with van der Waals surface area (Å²) in [6.07, 6.45) is 1.75. The highest BCUT2D eigenvalue weighted by Gasteiger charge is 1.98. The number of hydrogen-bond acceptors (Lipinski definition) is 3. The Bertz CT molecular complexity index is 871. The van der Waals surface area contributed by atoms with Gasteiger partial charge in [0.15, 0.2) is 0 Å². The van der Waals surface area contributed by atoms with Crippen molar-refractivity contribution in [1.29, 1.82) is 0 Å². The molecule has 0 unspecified atom stereocenters. The molecular formula is C21H19ClN2O. The minimum Gasteiger partial charge on any atom is -0.457 e. The molecule has 0 aliphatic rings. The highest BCUT2D eigenvalue weighted by atomic mass is 35.5. The molecule has 0 aliphatic heterocycles. The van der Waals surface area contributed by atoms with Gasteiger partial charge >= 0.3 is 0 Å². The van der Waals surface area contributed by atoms with E-state index in [0.717, 1.165) is 33.3 Å². The summed E-state index contributed by atoms with van der Waals surface area (Å²) in [4.78, 5) is 0. The standard InChI is InChI=1S/C21H19ClN2O/c1-15-3-9-19(10-4-15)25-20-11-6-17(7-12-20)14-23-24-18-8-5-16(2)21(22)13-18/h3-14,24H,1-2H3. The second-order valence-electron chi connectivity index (χ2n) is 5.82. The fraction of sp³-hybridized carbons (Fsp3) is 0.0952. The maximum absolute atomic E-state index is 6.10. The molecule has 3 aromatic carbocycles. The van der Waals surface area contributed by atoms with Gasteiger partial charge in [-0.2, -0.15) is 5.10 Å². The van der Waals surface area contributed by atoms with E-state index in [1.807, 2.05) is 73.7 Å². The smallest absolute Gasteiger partial charge is 0.127 e. The first-order valence-electron chi connectivity index (χ1n) is 8.00. The molecule has 3 rings (SSSR count). The van der Waals surface area contributed by atoms with E-state index in [1.54, 1.807) is 6.21 Å². The summed E-state index contributed by atoms with van der Waals surface area (Å²) >= 11 is 6.10. The molecule has 126 valence electrons. The minimum atomic E-state index is 0.720. The molecule has 25 heavy (non-hydrogen) atoms. The van der Waals surface area contributed by atoms with Crippen molar-refractivity contribution < 1.29 is 4.74 Å². The summed E-state index contributed by atoms with van der Waals surface area (Å²) in [6, 6.07) is 21.5. The average molecular weight is 351 g/mol. The van der Waals surface area contributed by atoms with Gasteiger partial charge in [0.25, 0.3) is 0 Å². The lowest BCUT2D eigenvalue weighted by molar-refractivity contribution is 0.482. The number of nitrogens with zero attached hydrogens (tertiary/aromatic N) is 1. The first-order valence-corrected chi connectivity index (χ1v) is 8.38. The van der Waals surface area contributed by atoms with Crippen molar-refractivity contribution in [2.75, 3.05) is 5.43 Å². The van der Waals surface area contributed by atoms with E-state index in [1.165, 1.54) is 5.56 Å². The predicted octanol–water partition coefficient (Wildman–Crippen LogP) is 6.20. The van der Waals surface area contributed by atoms with Crippen LogP contribution in [0.1, 0.15) is 16.7 Å². The second-order valence-corrected chi connectivity index (χ2v) is 6.23. The SMILES string of the molecule is Cc1ccc(Oc2ccc(C=NNc3ccc(C)c(Cl)c3)cc2)cc1. The van der Waals surface area contributed by atoms with Gasteiger partial charge in [0.05, 0.1) is 11.9 Å². The van der Waals surface area contributed by atoms with E-state index in [2.05, 4.69) is 17.5 Å². The number of ether oxygens (including phenoxy) is 1. The van der Waals surface area contributed by atoms with Crippen molar-refractivity contribution in [3.05, 3.63) is 88.4 Å². The molecule has 0 spiro atoms. The number of hydrogen-bond donors (Lipinski definition) is 1. The highest BCUT2D eigenvalue weighted by molar-refractivity contribution is 6.31. The van der Waals surface area contributed by atoms with Crippen LogP contribution in [0.2, 0.25) is 5.02 Å². The summed E-state index contributed by atoms with van der Waals surface area (Å²) in [5.41, 5.74) is 7.05. The molecule has 0 aromatic heterocycles. The van der Waals surface area contributed by atoms with E-state index < -0.39 is 0 Å². The third kappa shape index (κ3) is 4.85. The first-order chi connectivity index (χ1) is 12.1. The molecule has 3 aromatic rings. The van der Waals surface area contributed by atoms with Crippen LogP contribution in [0.3, 0.4) is 0 Å². The lowest BCUT2D eigenvalue weighted by atomic mass is 10.2. The van der Waals surface area contributed by atoms with Crippen molar-refractivity contribution >= 4 is 23.5 Å². The number of nitrogens with one attached hydrogen (secondary N) is 1. The number of benzene rings is 3. The second kappa shape index (κ2) is 7.86. The molecular weight excluding hydrogens is 332 g/mol. The van der Waals surface area contributed by atoms with Gasteiger partial charge in [0.2, 0.25) is 0 Å². The minimum absolute atomic E-state index is 0.720. The van der Waals surface area contributed by atoms with Crippen LogP contribution < -0.4 is 10.2 Å². The summed E-state index contributed by atoms with van der Waals surface area (Å²) in [5.74, 6) is 1.62. The first kappa shape index (κ1) is 17.1. The predicted molar refractivity (Wildman–Crippen MR) is 105 cm³/mol. The van der Waals surface area contributed by atoms with Crippen LogP contribution in [0.4, 0.5) is 5.69 Å². The quantitative estimate of drug-likeness (QED) is 0.439. The van der Waals surface area contributed by atoms with Crippen LogP contribution in [0.5, 0.6) is 11.5 Å². The molecule has 0 saturated heterocycles.